The fraction of sp³-hybridized carbons (Fsp3) is 0.154. The standard InChI is InChI=1S/C13H12FN3O3/c1-8-6-17(13(20)16-12(8)19)7-11(18)15-10-4-2-9(14)3-5-10/h2-6H,7H2,1H3,(H,15,18)(H,16,19,20). The molecule has 0 saturated heterocycles. The number of hydrogen-bond acceptors (Lipinski definition) is 3. The summed E-state index contributed by atoms with van der Waals surface area (Å²) in [5.74, 6) is -0.861. The molecule has 0 aliphatic carbocycles. The third kappa shape index (κ3) is 3.19. The van der Waals surface area contributed by atoms with Gasteiger partial charge in [-0.05, 0) is 31.2 Å². The van der Waals surface area contributed by atoms with Gasteiger partial charge in [0.15, 0.2) is 0 Å². The number of aryl methyl sites for hydroxylation is 1. The van der Waals surface area contributed by atoms with E-state index in [4.69, 9.17) is 0 Å². The van der Waals surface area contributed by atoms with Crippen molar-refractivity contribution in [3.63, 3.8) is 0 Å². The first-order valence-electron chi connectivity index (χ1n) is 5.81. The van der Waals surface area contributed by atoms with Crippen molar-refractivity contribution in [2.45, 2.75) is 13.5 Å². The van der Waals surface area contributed by atoms with E-state index in [2.05, 4.69) is 10.3 Å². The van der Waals surface area contributed by atoms with Crippen molar-refractivity contribution in [2.75, 3.05) is 5.32 Å². The Bertz CT molecular complexity index is 747. The molecule has 6 nitrogen and oxygen atoms in total. The molecule has 1 amide bonds. The van der Waals surface area contributed by atoms with E-state index >= 15 is 0 Å². The molecule has 0 saturated carbocycles. The zero-order valence-electron chi connectivity index (χ0n) is 10.6. The molecule has 0 radical (unpaired) electrons. The Morgan fingerprint density at radius 1 is 1.30 bits per heavy atom. The van der Waals surface area contributed by atoms with Gasteiger partial charge in [-0.2, -0.15) is 0 Å². The van der Waals surface area contributed by atoms with E-state index in [1.165, 1.54) is 37.4 Å². The maximum absolute atomic E-state index is 12.7. The highest BCUT2D eigenvalue weighted by atomic mass is 19.1. The third-order valence-corrected chi connectivity index (χ3v) is 2.63. The number of H-pyrrole nitrogens is 1. The van der Waals surface area contributed by atoms with Gasteiger partial charge in [0.2, 0.25) is 5.91 Å². The zero-order valence-corrected chi connectivity index (χ0v) is 10.6. The molecule has 2 N–H and O–H groups in total. The predicted molar refractivity (Wildman–Crippen MR) is 71.1 cm³/mol. The van der Waals surface area contributed by atoms with Crippen LogP contribution in [0.5, 0.6) is 0 Å². The number of anilines is 1. The van der Waals surface area contributed by atoms with Gasteiger partial charge in [-0.3, -0.25) is 19.1 Å². The SMILES string of the molecule is Cc1cn(CC(=O)Nc2ccc(F)cc2)c(=O)[nH]c1=O. The first-order valence-corrected chi connectivity index (χ1v) is 5.81. The average molecular weight is 277 g/mol. The van der Waals surface area contributed by atoms with Crippen LogP contribution in [0, 0.1) is 12.7 Å². The van der Waals surface area contributed by atoms with E-state index in [0.29, 0.717) is 11.3 Å². The molecule has 2 aromatic rings. The summed E-state index contributed by atoms with van der Waals surface area (Å²) in [5.41, 5.74) is -0.384. The Morgan fingerprint density at radius 3 is 2.60 bits per heavy atom. The lowest BCUT2D eigenvalue weighted by molar-refractivity contribution is -0.116. The van der Waals surface area contributed by atoms with Gasteiger partial charge in [-0.25, -0.2) is 9.18 Å². The number of nitrogens with one attached hydrogen (secondary N) is 2. The minimum atomic E-state index is -0.658. The molecule has 0 atom stereocenters. The first kappa shape index (κ1) is 13.7. The van der Waals surface area contributed by atoms with E-state index in [1.807, 2.05) is 0 Å². The lowest BCUT2D eigenvalue weighted by Gasteiger charge is -2.07. The summed E-state index contributed by atoms with van der Waals surface area (Å²) in [4.78, 5) is 36.6. The highest BCUT2D eigenvalue weighted by Crippen LogP contribution is 2.07. The number of rotatable bonds is 3. The second-order valence-electron chi connectivity index (χ2n) is 4.25. The molecule has 1 aromatic heterocycles. The number of carbonyl (C=O) groups excluding carboxylic acids is 1. The summed E-state index contributed by atoms with van der Waals surface area (Å²) in [7, 11) is 0. The fourth-order valence-corrected chi connectivity index (χ4v) is 1.62. The summed E-state index contributed by atoms with van der Waals surface area (Å²) in [6.07, 6.45) is 1.31. The second-order valence-corrected chi connectivity index (χ2v) is 4.25. The van der Waals surface area contributed by atoms with Crippen LogP contribution in [0.3, 0.4) is 0 Å². The number of amides is 1. The number of nitrogens with zero attached hydrogens (tertiary/aromatic N) is 1. The smallest absolute Gasteiger partial charge is 0.325 e. The van der Waals surface area contributed by atoms with Gasteiger partial charge < -0.3 is 5.32 Å². The highest BCUT2D eigenvalue weighted by Gasteiger charge is 2.07. The Morgan fingerprint density at radius 2 is 1.95 bits per heavy atom. The van der Waals surface area contributed by atoms with E-state index < -0.39 is 23.0 Å². The maximum atomic E-state index is 12.7. The molecule has 0 aliphatic heterocycles. The molecule has 0 fully saturated rings. The number of benzene rings is 1. The summed E-state index contributed by atoms with van der Waals surface area (Å²) in [6.45, 7) is 1.29. The molecule has 0 unspecified atom stereocenters. The van der Waals surface area contributed by atoms with E-state index in [0.717, 1.165) is 4.57 Å². The van der Waals surface area contributed by atoms with E-state index in [-0.39, 0.29) is 6.54 Å². The van der Waals surface area contributed by atoms with E-state index in [1.54, 1.807) is 0 Å². The van der Waals surface area contributed by atoms with Crippen LogP contribution in [0.2, 0.25) is 0 Å². The topological polar surface area (TPSA) is 84.0 Å². The molecule has 1 heterocycles. The number of aromatic amines is 1. The van der Waals surface area contributed by atoms with Crippen LogP contribution < -0.4 is 16.6 Å². The first-order chi connectivity index (χ1) is 9.45. The Balaban J connectivity index is 2.12. The predicted octanol–water partition coefficient (Wildman–Crippen LogP) is 0.623. The monoisotopic (exact) mass is 277 g/mol. The Labute approximate surface area is 112 Å². The van der Waals surface area contributed by atoms with Crippen molar-refractivity contribution < 1.29 is 9.18 Å². The highest BCUT2D eigenvalue weighted by molar-refractivity contribution is 5.90. The van der Waals surface area contributed by atoms with Crippen LogP contribution in [0.25, 0.3) is 0 Å². The zero-order chi connectivity index (χ0) is 14.7. The largest absolute Gasteiger partial charge is 0.328 e. The van der Waals surface area contributed by atoms with Gasteiger partial charge in [0.1, 0.15) is 12.4 Å². The number of carbonyl (C=O) groups is 1. The lowest BCUT2D eigenvalue weighted by atomic mass is 10.3. The summed E-state index contributed by atoms with van der Waals surface area (Å²) >= 11 is 0. The van der Waals surface area contributed by atoms with Crippen LogP contribution in [0.1, 0.15) is 5.56 Å². The minimum Gasteiger partial charge on any atom is -0.325 e. The molecule has 7 heteroatoms. The quantitative estimate of drug-likeness (QED) is 0.862. The molecular weight excluding hydrogens is 265 g/mol. The normalized spacial score (nSPS) is 10.3. The summed E-state index contributed by atoms with van der Waals surface area (Å²) in [5, 5.41) is 2.52. The summed E-state index contributed by atoms with van der Waals surface area (Å²) < 4.78 is 13.8. The molecule has 2 rings (SSSR count). The van der Waals surface area contributed by atoms with Gasteiger partial charge >= 0.3 is 5.69 Å². The van der Waals surface area contributed by atoms with E-state index in [9.17, 15) is 18.8 Å². The lowest BCUT2D eigenvalue weighted by Crippen LogP contribution is -2.34. The molecule has 1 aromatic carbocycles. The second kappa shape index (κ2) is 5.52. The fourth-order valence-electron chi connectivity index (χ4n) is 1.62. The molecule has 0 aliphatic rings. The Hall–Kier alpha value is -2.70. The van der Waals surface area contributed by atoms with Gasteiger partial charge in [-0.15, -0.1) is 0 Å². The van der Waals surface area contributed by atoms with Gasteiger partial charge in [-0.1, -0.05) is 0 Å². The van der Waals surface area contributed by atoms with Crippen LogP contribution in [0.4, 0.5) is 10.1 Å². The van der Waals surface area contributed by atoms with Crippen molar-refractivity contribution in [1.82, 2.24) is 9.55 Å². The summed E-state index contributed by atoms with van der Waals surface area (Å²) in [6, 6.07) is 5.25. The number of halogens is 1. The van der Waals surface area contributed by atoms with Crippen molar-refractivity contribution in [1.29, 1.82) is 0 Å². The molecule has 104 valence electrons. The van der Waals surface area contributed by atoms with Crippen LogP contribution in [-0.4, -0.2) is 15.5 Å². The van der Waals surface area contributed by atoms with Gasteiger partial charge in [0.25, 0.3) is 5.56 Å². The van der Waals surface area contributed by atoms with Crippen LogP contribution in [0.15, 0.2) is 40.1 Å². The van der Waals surface area contributed by atoms with Crippen LogP contribution >= 0.6 is 0 Å². The number of hydrogen-bond donors (Lipinski definition) is 2. The molecular formula is C13H12FN3O3. The van der Waals surface area contributed by atoms with Crippen molar-refractivity contribution in [3.05, 3.63) is 62.7 Å². The Kier molecular flexibility index (Phi) is 3.79. The van der Waals surface area contributed by atoms with Crippen LogP contribution in [-0.2, 0) is 11.3 Å². The molecule has 20 heavy (non-hydrogen) atoms. The maximum Gasteiger partial charge on any atom is 0.328 e. The third-order valence-electron chi connectivity index (χ3n) is 2.63. The van der Waals surface area contributed by atoms with Crippen molar-refractivity contribution >= 4 is 11.6 Å². The molecule has 0 spiro atoms. The van der Waals surface area contributed by atoms with Crippen molar-refractivity contribution in [3.8, 4) is 0 Å². The van der Waals surface area contributed by atoms with Gasteiger partial charge in [0, 0.05) is 17.4 Å². The minimum absolute atomic E-state index is 0.242. The van der Waals surface area contributed by atoms with Gasteiger partial charge in [0.05, 0.1) is 0 Å². The number of aromatic nitrogens is 2. The van der Waals surface area contributed by atoms with Crippen molar-refractivity contribution in [2.24, 2.45) is 0 Å². The average Bonchev–Trinajstić information content (AvgIpc) is 2.39. The molecule has 0 bridgehead atoms.